The first-order valence-electron chi connectivity index (χ1n) is 12.9. The number of anilines is 1. The van der Waals surface area contributed by atoms with Crippen molar-refractivity contribution in [2.75, 3.05) is 5.32 Å². The van der Waals surface area contributed by atoms with Crippen LogP contribution in [0.25, 0.3) is 0 Å². The number of fused-ring (bicyclic) bond motifs is 1. The first kappa shape index (κ1) is 25.1. The third-order valence-electron chi connectivity index (χ3n) is 6.81. The summed E-state index contributed by atoms with van der Waals surface area (Å²) in [6.45, 7) is 7.98. The van der Waals surface area contributed by atoms with Crippen molar-refractivity contribution in [2.45, 2.75) is 58.3 Å². The summed E-state index contributed by atoms with van der Waals surface area (Å²) in [7, 11) is 0. The van der Waals surface area contributed by atoms with Gasteiger partial charge in [0.25, 0.3) is 0 Å². The lowest BCUT2D eigenvalue weighted by Crippen LogP contribution is -2.50. The lowest BCUT2D eigenvalue weighted by Gasteiger charge is -2.44. The van der Waals surface area contributed by atoms with Gasteiger partial charge in [-0.05, 0) is 55.7 Å². The second-order valence-corrected chi connectivity index (χ2v) is 10.2. The highest BCUT2D eigenvalue weighted by atomic mass is 16.6. The van der Waals surface area contributed by atoms with Gasteiger partial charge in [-0.15, -0.1) is 0 Å². The molecule has 0 fully saturated rings. The topological polar surface area (TPSA) is 39.7 Å². The van der Waals surface area contributed by atoms with Crippen molar-refractivity contribution >= 4 is 5.69 Å². The number of hydrogen-bond acceptors (Lipinski definition) is 4. The zero-order valence-corrected chi connectivity index (χ0v) is 21.8. The molecule has 2 unspecified atom stereocenters. The molecule has 0 saturated heterocycles. The molecule has 0 bridgehead atoms. The summed E-state index contributed by atoms with van der Waals surface area (Å²) in [5.74, 6) is 0.837. The molecule has 4 aromatic rings. The monoisotopic (exact) mass is 493 g/mol. The summed E-state index contributed by atoms with van der Waals surface area (Å²) >= 11 is 0. The molecule has 37 heavy (non-hydrogen) atoms. The van der Waals surface area contributed by atoms with Gasteiger partial charge in [-0.1, -0.05) is 90.5 Å². The smallest absolute Gasteiger partial charge is 0.132 e. The second kappa shape index (κ2) is 11.2. The lowest BCUT2D eigenvalue weighted by molar-refractivity contribution is -0.170. The number of hydrogen-bond donors (Lipinski definition) is 1. The number of rotatable bonds is 9. The summed E-state index contributed by atoms with van der Waals surface area (Å²) in [4.78, 5) is 0. The van der Waals surface area contributed by atoms with Crippen LogP contribution in [-0.4, -0.2) is 11.7 Å². The van der Waals surface area contributed by atoms with Gasteiger partial charge in [-0.25, -0.2) is 0 Å². The molecule has 1 aliphatic rings. The maximum absolute atomic E-state index is 6.64. The minimum absolute atomic E-state index is 0.289. The van der Waals surface area contributed by atoms with Gasteiger partial charge in [0.1, 0.15) is 23.6 Å². The van der Waals surface area contributed by atoms with Gasteiger partial charge in [0, 0.05) is 17.8 Å². The first-order chi connectivity index (χ1) is 18.0. The van der Waals surface area contributed by atoms with Gasteiger partial charge in [0.2, 0.25) is 0 Å². The summed E-state index contributed by atoms with van der Waals surface area (Å²) in [6, 6.07) is 35.4. The predicted molar refractivity (Wildman–Crippen MR) is 149 cm³/mol. The van der Waals surface area contributed by atoms with Gasteiger partial charge in [-0.3, -0.25) is 0 Å². The Morgan fingerprint density at radius 2 is 1.35 bits per heavy atom. The summed E-state index contributed by atoms with van der Waals surface area (Å²) in [5.41, 5.74) is 6.18. The van der Waals surface area contributed by atoms with Gasteiger partial charge >= 0.3 is 0 Å². The fourth-order valence-corrected chi connectivity index (χ4v) is 4.74. The molecule has 2 atom stereocenters. The molecule has 4 nitrogen and oxygen atoms in total. The summed E-state index contributed by atoms with van der Waals surface area (Å²) < 4.78 is 19.7. The molecule has 0 spiro atoms. The van der Waals surface area contributed by atoms with Crippen LogP contribution in [0.4, 0.5) is 5.69 Å². The Labute approximate surface area is 220 Å². The highest BCUT2D eigenvalue weighted by Gasteiger charge is 2.45. The number of ether oxygens (including phenoxy) is 3. The van der Waals surface area contributed by atoms with Crippen LogP contribution in [0.5, 0.6) is 5.75 Å². The van der Waals surface area contributed by atoms with E-state index in [-0.39, 0.29) is 12.2 Å². The average Bonchev–Trinajstić information content (AvgIpc) is 2.91. The largest absolute Gasteiger partial charge is 0.485 e. The molecular formula is C33H35NO3. The highest BCUT2D eigenvalue weighted by Crippen LogP contribution is 2.45. The van der Waals surface area contributed by atoms with E-state index in [0.717, 1.165) is 34.7 Å². The Morgan fingerprint density at radius 3 is 2.05 bits per heavy atom. The normalized spacial score (nSPS) is 18.0. The molecule has 0 saturated carbocycles. The van der Waals surface area contributed by atoms with Crippen LogP contribution >= 0.6 is 0 Å². The molecule has 190 valence electrons. The van der Waals surface area contributed by atoms with Crippen LogP contribution in [0, 0.1) is 6.92 Å². The molecule has 1 heterocycles. The van der Waals surface area contributed by atoms with Crippen molar-refractivity contribution in [3.63, 3.8) is 0 Å². The van der Waals surface area contributed by atoms with Crippen molar-refractivity contribution in [1.82, 2.24) is 0 Å². The molecule has 0 aromatic heterocycles. The van der Waals surface area contributed by atoms with Gasteiger partial charge in [-0.2, -0.15) is 0 Å². The SMILES string of the molecule is Cc1ccc(COC2C(OCc3ccccc3)c3cc(NCc4ccccc4)ccc3OC2(C)C)cc1. The molecule has 5 rings (SSSR count). The van der Waals surface area contributed by atoms with E-state index in [2.05, 4.69) is 98.9 Å². The Bertz CT molecular complexity index is 1290. The van der Waals surface area contributed by atoms with Gasteiger partial charge < -0.3 is 19.5 Å². The molecule has 1 aliphatic heterocycles. The summed E-state index contributed by atoms with van der Waals surface area (Å²) in [6.07, 6.45) is -0.586. The van der Waals surface area contributed by atoms with Crippen molar-refractivity contribution in [2.24, 2.45) is 0 Å². The van der Waals surface area contributed by atoms with E-state index in [4.69, 9.17) is 14.2 Å². The zero-order valence-electron chi connectivity index (χ0n) is 21.8. The maximum atomic E-state index is 6.64. The van der Waals surface area contributed by atoms with E-state index >= 15 is 0 Å². The third kappa shape index (κ3) is 6.22. The number of nitrogens with one attached hydrogen (secondary N) is 1. The number of aryl methyl sites for hydroxylation is 1. The van der Waals surface area contributed by atoms with Crippen LogP contribution in [0.3, 0.4) is 0 Å². The second-order valence-electron chi connectivity index (χ2n) is 10.2. The standard InChI is InChI=1S/C33H35NO3/c1-24-14-16-27(17-15-24)23-36-32-31(35-22-26-12-8-5-9-13-26)29-20-28(18-19-30(29)37-33(32,2)3)34-21-25-10-6-4-7-11-25/h4-20,31-32,34H,21-23H2,1-3H3. The quantitative estimate of drug-likeness (QED) is 0.260. The van der Waals surface area contributed by atoms with Crippen LogP contribution < -0.4 is 10.1 Å². The van der Waals surface area contributed by atoms with Crippen molar-refractivity contribution in [3.8, 4) is 5.75 Å². The molecule has 0 aliphatic carbocycles. The van der Waals surface area contributed by atoms with E-state index in [1.165, 1.54) is 11.1 Å². The Balaban J connectivity index is 1.42. The van der Waals surface area contributed by atoms with E-state index in [9.17, 15) is 0 Å². The van der Waals surface area contributed by atoms with Gasteiger partial charge in [0.05, 0.1) is 13.2 Å². The van der Waals surface area contributed by atoms with E-state index < -0.39 is 5.60 Å². The minimum atomic E-state index is -0.571. The fraction of sp³-hybridized carbons (Fsp3) is 0.273. The van der Waals surface area contributed by atoms with Crippen LogP contribution in [0.1, 0.15) is 47.8 Å². The van der Waals surface area contributed by atoms with Crippen LogP contribution in [0.2, 0.25) is 0 Å². The van der Waals surface area contributed by atoms with Crippen molar-refractivity contribution in [1.29, 1.82) is 0 Å². The molecule has 0 radical (unpaired) electrons. The molecule has 4 aromatic carbocycles. The maximum Gasteiger partial charge on any atom is 0.132 e. The van der Waals surface area contributed by atoms with Crippen LogP contribution in [-0.2, 0) is 29.2 Å². The molecule has 1 N–H and O–H groups in total. The third-order valence-corrected chi connectivity index (χ3v) is 6.81. The fourth-order valence-electron chi connectivity index (χ4n) is 4.74. The molecular weight excluding hydrogens is 458 g/mol. The van der Waals surface area contributed by atoms with E-state index in [1.54, 1.807) is 0 Å². The Morgan fingerprint density at radius 1 is 0.730 bits per heavy atom. The van der Waals surface area contributed by atoms with E-state index in [1.807, 2.05) is 30.3 Å². The van der Waals surface area contributed by atoms with Crippen LogP contribution in [0.15, 0.2) is 103 Å². The van der Waals surface area contributed by atoms with Crippen molar-refractivity contribution < 1.29 is 14.2 Å². The first-order valence-corrected chi connectivity index (χ1v) is 12.9. The van der Waals surface area contributed by atoms with Crippen molar-refractivity contribution in [3.05, 3.63) is 131 Å². The summed E-state index contributed by atoms with van der Waals surface area (Å²) in [5, 5.41) is 3.55. The predicted octanol–water partition coefficient (Wildman–Crippen LogP) is 7.62. The minimum Gasteiger partial charge on any atom is -0.485 e. The van der Waals surface area contributed by atoms with Gasteiger partial charge in [0.15, 0.2) is 0 Å². The average molecular weight is 494 g/mol. The number of benzene rings is 4. The molecule has 0 amide bonds. The highest BCUT2D eigenvalue weighted by molar-refractivity contribution is 5.54. The Kier molecular flexibility index (Phi) is 7.59. The molecule has 4 heteroatoms. The Hall–Kier alpha value is -3.60. The van der Waals surface area contributed by atoms with E-state index in [0.29, 0.717) is 13.2 Å². The lowest BCUT2D eigenvalue weighted by atomic mass is 9.87. The zero-order chi connectivity index (χ0) is 25.7.